The van der Waals surface area contributed by atoms with Crippen LogP contribution in [0.2, 0.25) is 5.02 Å². The predicted octanol–water partition coefficient (Wildman–Crippen LogP) is 2.52. The van der Waals surface area contributed by atoms with Crippen molar-refractivity contribution in [3.05, 3.63) is 46.6 Å². The molecule has 5 rings (SSSR count). The van der Waals surface area contributed by atoms with Crippen molar-refractivity contribution in [3.63, 3.8) is 0 Å². The molecule has 166 valence electrons. The molecule has 0 spiro atoms. The van der Waals surface area contributed by atoms with Crippen LogP contribution in [0.15, 0.2) is 28.8 Å². The Labute approximate surface area is 183 Å². The van der Waals surface area contributed by atoms with Gasteiger partial charge in [0.2, 0.25) is 5.76 Å². The largest absolute Gasteiger partial charge is 0.484 e. The molecule has 3 saturated carbocycles. The lowest BCUT2D eigenvalue weighted by Gasteiger charge is -2.56. The van der Waals surface area contributed by atoms with Gasteiger partial charge in [-0.25, -0.2) is 4.39 Å². The molecule has 0 aliphatic heterocycles. The summed E-state index contributed by atoms with van der Waals surface area (Å²) in [6.45, 7) is 1.44. The van der Waals surface area contributed by atoms with Crippen LogP contribution in [0.1, 0.15) is 48.4 Å². The first-order chi connectivity index (χ1) is 14.7. The first-order valence-electron chi connectivity index (χ1n) is 10.0. The monoisotopic (exact) mass is 451 g/mol. The number of carbonyl (C=O) groups is 2. The van der Waals surface area contributed by atoms with Crippen LogP contribution in [0.5, 0.6) is 5.75 Å². The molecule has 2 bridgehead atoms. The number of amides is 2. The van der Waals surface area contributed by atoms with Gasteiger partial charge in [-0.3, -0.25) is 9.59 Å². The number of nitrogens with one attached hydrogen (secondary N) is 2. The molecular weight excluding hydrogens is 429 g/mol. The van der Waals surface area contributed by atoms with Gasteiger partial charge in [-0.2, -0.15) is 0 Å². The minimum absolute atomic E-state index is 0.0923. The number of halogens is 2. The molecule has 1 heterocycles. The summed E-state index contributed by atoms with van der Waals surface area (Å²) in [5.41, 5.74) is -0.705. The van der Waals surface area contributed by atoms with E-state index in [1.165, 1.54) is 12.1 Å². The number of hydrogen-bond donors (Lipinski definition) is 3. The average molecular weight is 452 g/mol. The van der Waals surface area contributed by atoms with Gasteiger partial charge in [-0.05, 0) is 51.2 Å². The van der Waals surface area contributed by atoms with E-state index >= 15 is 0 Å². The lowest BCUT2D eigenvalue weighted by molar-refractivity contribution is -0.132. The van der Waals surface area contributed by atoms with Crippen molar-refractivity contribution in [2.24, 2.45) is 0 Å². The third kappa shape index (κ3) is 4.38. The molecule has 2 aromatic rings. The minimum atomic E-state index is -0.823. The maximum absolute atomic E-state index is 13.2. The van der Waals surface area contributed by atoms with Crippen LogP contribution in [0.4, 0.5) is 4.39 Å². The van der Waals surface area contributed by atoms with Gasteiger partial charge in [0.25, 0.3) is 11.8 Å². The number of fused-ring (bicyclic) bond motifs is 3. The second-order valence-electron chi connectivity index (χ2n) is 8.36. The summed E-state index contributed by atoms with van der Waals surface area (Å²) in [5.74, 6) is -0.919. The van der Waals surface area contributed by atoms with Crippen molar-refractivity contribution in [3.8, 4) is 5.75 Å². The maximum Gasteiger partial charge on any atom is 0.290 e. The van der Waals surface area contributed by atoms with Crippen molar-refractivity contribution in [1.29, 1.82) is 0 Å². The zero-order valence-corrected chi connectivity index (χ0v) is 17.7. The molecule has 0 radical (unpaired) electrons. The van der Waals surface area contributed by atoms with Gasteiger partial charge in [-0.15, -0.1) is 0 Å². The number of rotatable bonds is 6. The Balaban J connectivity index is 1.34. The lowest BCUT2D eigenvalue weighted by Crippen LogP contribution is -2.70. The van der Waals surface area contributed by atoms with E-state index in [1.807, 2.05) is 0 Å². The van der Waals surface area contributed by atoms with E-state index in [1.54, 1.807) is 13.0 Å². The summed E-state index contributed by atoms with van der Waals surface area (Å²) in [5, 5.41) is 20.3. The number of ether oxygens (including phenoxy) is 1. The predicted molar refractivity (Wildman–Crippen MR) is 108 cm³/mol. The van der Waals surface area contributed by atoms with Crippen LogP contribution < -0.4 is 15.4 Å². The Morgan fingerprint density at radius 1 is 1.29 bits per heavy atom. The average Bonchev–Trinajstić information content (AvgIpc) is 3.17. The van der Waals surface area contributed by atoms with Crippen LogP contribution in [0.3, 0.4) is 0 Å². The summed E-state index contributed by atoms with van der Waals surface area (Å²) in [6.07, 6.45) is 1.74. The number of carbonyl (C=O) groups excluding carboxylic acids is 2. The Hall–Kier alpha value is -2.65. The van der Waals surface area contributed by atoms with Crippen LogP contribution in [-0.2, 0) is 4.79 Å². The van der Waals surface area contributed by atoms with E-state index in [2.05, 4.69) is 15.8 Å². The normalized spacial score (nSPS) is 27.0. The Morgan fingerprint density at radius 3 is 2.65 bits per heavy atom. The molecule has 1 atom stereocenters. The molecule has 3 N–H and O–H groups in total. The van der Waals surface area contributed by atoms with E-state index in [9.17, 15) is 19.1 Å². The molecule has 31 heavy (non-hydrogen) atoms. The molecule has 3 aliphatic carbocycles. The van der Waals surface area contributed by atoms with Crippen molar-refractivity contribution in [1.82, 2.24) is 15.8 Å². The molecule has 1 unspecified atom stereocenters. The van der Waals surface area contributed by atoms with Gasteiger partial charge in [0.1, 0.15) is 11.6 Å². The first kappa shape index (κ1) is 21.6. The van der Waals surface area contributed by atoms with Gasteiger partial charge < -0.3 is 25.0 Å². The fraction of sp³-hybridized carbons (Fsp3) is 0.476. The molecular formula is C21H23ClFN3O5. The van der Waals surface area contributed by atoms with E-state index in [0.717, 1.165) is 6.07 Å². The highest BCUT2D eigenvalue weighted by molar-refractivity contribution is 6.30. The third-order valence-electron chi connectivity index (χ3n) is 6.20. The fourth-order valence-corrected chi connectivity index (χ4v) is 4.63. The second-order valence-corrected chi connectivity index (χ2v) is 8.76. The van der Waals surface area contributed by atoms with Crippen molar-refractivity contribution in [2.75, 3.05) is 6.61 Å². The summed E-state index contributed by atoms with van der Waals surface area (Å²) < 4.78 is 23.6. The molecule has 0 saturated heterocycles. The number of aliphatic hydroxyl groups is 1. The third-order valence-corrected chi connectivity index (χ3v) is 6.49. The van der Waals surface area contributed by atoms with E-state index in [4.69, 9.17) is 20.9 Å². The number of nitrogens with zero attached hydrogens (tertiary/aromatic N) is 1. The van der Waals surface area contributed by atoms with E-state index in [0.29, 0.717) is 37.8 Å². The van der Waals surface area contributed by atoms with Crippen molar-refractivity contribution in [2.45, 2.75) is 56.2 Å². The SMILES string of the molecule is Cc1cc(C(=O)NC23CCC(NC(=O)COc4ccc(F)c(Cl)c4)(CC2)C(O)C3)on1. The molecule has 1 aromatic heterocycles. The quantitative estimate of drug-likeness (QED) is 0.622. The number of aromatic nitrogens is 1. The van der Waals surface area contributed by atoms with Crippen molar-refractivity contribution >= 4 is 23.4 Å². The Morgan fingerprint density at radius 2 is 2.03 bits per heavy atom. The topological polar surface area (TPSA) is 114 Å². The zero-order valence-electron chi connectivity index (χ0n) is 16.9. The van der Waals surface area contributed by atoms with Crippen molar-refractivity contribution < 1.29 is 28.3 Å². The standard InChI is InChI=1S/C21H23ClFN3O5/c1-12-8-16(31-26-12)19(29)25-20-4-6-21(7-5-20,17(27)10-20)24-18(28)11-30-13-2-3-15(23)14(22)9-13/h2-3,8-9,17,27H,4-7,10-11H2,1H3,(H,24,28)(H,25,29). The van der Waals surface area contributed by atoms with Crippen LogP contribution in [-0.4, -0.2) is 45.9 Å². The zero-order chi connectivity index (χ0) is 22.2. The van der Waals surface area contributed by atoms with Crippen LogP contribution in [0, 0.1) is 12.7 Å². The molecule has 3 fully saturated rings. The molecule has 2 amide bonds. The van der Waals surface area contributed by atoms with Gasteiger partial charge in [0, 0.05) is 17.7 Å². The molecule has 3 aliphatic rings. The minimum Gasteiger partial charge on any atom is -0.484 e. The number of benzene rings is 1. The Bertz CT molecular complexity index is 1000. The van der Waals surface area contributed by atoms with Gasteiger partial charge >= 0.3 is 0 Å². The molecule has 1 aromatic carbocycles. The summed E-state index contributed by atoms with van der Waals surface area (Å²) in [6, 6.07) is 5.41. The smallest absolute Gasteiger partial charge is 0.290 e. The number of aliphatic hydroxyl groups excluding tert-OH is 1. The Kier molecular flexibility index (Phi) is 5.65. The van der Waals surface area contributed by atoms with Crippen LogP contribution >= 0.6 is 11.6 Å². The highest BCUT2D eigenvalue weighted by atomic mass is 35.5. The summed E-state index contributed by atoms with van der Waals surface area (Å²) in [4.78, 5) is 25.0. The lowest BCUT2D eigenvalue weighted by atomic mass is 9.60. The van der Waals surface area contributed by atoms with Gasteiger partial charge in [-0.1, -0.05) is 16.8 Å². The maximum atomic E-state index is 13.2. The highest BCUT2D eigenvalue weighted by Crippen LogP contribution is 2.47. The summed E-state index contributed by atoms with van der Waals surface area (Å²) in [7, 11) is 0. The van der Waals surface area contributed by atoms with E-state index < -0.39 is 28.9 Å². The molecule has 10 heteroatoms. The van der Waals surface area contributed by atoms with Crippen LogP contribution in [0.25, 0.3) is 0 Å². The second kappa shape index (κ2) is 8.12. The van der Waals surface area contributed by atoms with E-state index in [-0.39, 0.29) is 29.0 Å². The summed E-state index contributed by atoms with van der Waals surface area (Å²) >= 11 is 5.72. The molecule has 8 nitrogen and oxygen atoms in total. The van der Waals surface area contributed by atoms with Gasteiger partial charge in [0.05, 0.1) is 22.4 Å². The highest BCUT2D eigenvalue weighted by Gasteiger charge is 2.55. The number of aryl methyl sites for hydroxylation is 1. The first-order valence-corrected chi connectivity index (χ1v) is 10.4. The number of hydrogen-bond acceptors (Lipinski definition) is 6. The van der Waals surface area contributed by atoms with Gasteiger partial charge in [0.15, 0.2) is 6.61 Å². The fourth-order valence-electron chi connectivity index (χ4n) is 4.46.